The second-order valence-corrected chi connectivity index (χ2v) is 5.85. The SMILES string of the molecule is NC(=O)c1cccc(N2CCCN(Cc3ccccc3)CC2)n1. The van der Waals surface area contributed by atoms with E-state index in [1.54, 1.807) is 6.07 Å². The van der Waals surface area contributed by atoms with Crippen LogP contribution in [0.2, 0.25) is 0 Å². The highest BCUT2D eigenvalue weighted by Crippen LogP contribution is 2.15. The van der Waals surface area contributed by atoms with Crippen molar-refractivity contribution >= 4 is 11.7 Å². The normalized spacial score (nSPS) is 16.1. The van der Waals surface area contributed by atoms with Gasteiger partial charge in [0.15, 0.2) is 0 Å². The summed E-state index contributed by atoms with van der Waals surface area (Å²) < 4.78 is 0. The number of amides is 1. The van der Waals surface area contributed by atoms with Crippen LogP contribution in [-0.2, 0) is 6.54 Å². The molecule has 5 nitrogen and oxygen atoms in total. The van der Waals surface area contributed by atoms with Crippen LogP contribution < -0.4 is 10.6 Å². The van der Waals surface area contributed by atoms with Crippen molar-refractivity contribution in [3.05, 3.63) is 59.8 Å². The van der Waals surface area contributed by atoms with E-state index in [2.05, 4.69) is 39.0 Å². The number of pyridine rings is 1. The maximum absolute atomic E-state index is 11.3. The minimum Gasteiger partial charge on any atom is -0.364 e. The fraction of sp³-hybridized carbons (Fsp3) is 0.333. The lowest BCUT2D eigenvalue weighted by atomic mass is 10.2. The van der Waals surface area contributed by atoms with Gasteiger partial charge in [0.1, 0.15) is 11.5 Å². The van der Waals surface area contributed by atoms with Crippen LogP contribution in [-0.4, -0.2) is 42.0 Å². The molecule has 5 heteroatoms. The molecule has 1 aliphatic heterocycles. The monoisotopic (exact) mass is 310 g/mol. The zero-order valence-corrected chi connectivity index (χ0v) is 13.2. The van der Waals surface area contributed by atoms with E-state index in [9.17, 15) is 4.79 Å². The molecule has 0 unspecified atom stereocenters. The minimum atomic E-state index is -0.479. The molecule has 0 aliphatic carbocycles. The van der Waals surface area contributed by atoms with E-state index in [4.69, 9.17) is 5.73 Å². The highest BCUT2D eigenvalue weighted by Gasteiger charge is 2.17. The maximum atomic E-state index is 11.3. The maximum Gasteiger partial charge on any atom is 0.267 e. The second-order valence-electron chi connectivity index (χ2n) is 5.85. The Bertz CT molecular complexity index is 659. The van der Waals surface area contributed by atoms with Crippen molar-refractivity contribution in [1.29, 1.82) is 0 Å². The first kappa shape index (κ1) is 15.5. The molecular formula is C18H22N4O. The Kier molecular flexibility index (Phi) is 4.88. The molecule has 0 bridgehead atoms. The molecule has 2 heterocycles. The molecule has 0 radical (unpaired) electrons. The van der Waals surface area contributed by atoms with Crippen molar-refractivity contribution in [3.63, 3.8) is 0 Å². The lowest BCUT2D eigenvalue weighted by Gasteiger charge is -2.23. The first-order valence-electron chi connectivity index (χ1n) is 8.00. The summed E-state index contributed by atoms with van der Waals surface area (Å²) in [7, 11) is 0. The third-order valence-corrected chi connectivity index (χ3v) is 4.15. The third kappa shape index (κ3) is 4.07. The predicted molar refractivity (Wildman–Crippen MR) is 91.3 cm³/mol. The number of aromatic nitrogens is 1. The first-order chi connectivity index (χ1) is 11.2. The van der Waals surface area contributed by atoms with Gasteiger partial charge in [-0.25, -0.2) is 4.98 Å². The van der Waals surface area contributed by atoms with Crippen LogP contribution in [0.15, 0.2) is 48.5 Å². The van der Waals surface area contributed by atoms with Crippen LogP contribution >= 0.6 is 0 Å². The summed E-state index contributed by atoms with van der Waals surface area (Å²) in [5, 5.41) is 0. The predicted octanol–water partition coefficient (Wildman–Crippen LogP) is 1.89. The van der Waals surface area contributed by atoms with Gasteiger partial charge in [-0.05, 0) is 24.1 Å². The van der Waals surface area contributed by atoms with Crippen LogP contribution in [0.4, 0.5) is 5.82 Å². The molecule has 3 rings (SSSR count). The van der Waals surface area contributed by atoms with E-state index in [0.29, 0.717) is 5.69 Å². The summed E-state index contributed by atoms with van der Waals surface area (Å²) in [5.41, 5.74) is 6.99. The van der Waals surface area contributed by atoms with Gasteiger partial charge in [0.25, 0.3) is 5.91 Å². The van der Waals surface area contributed by atoms with E-state index in [1.165, 1.54) is 5.56 Å². The lowest BCUT2D eigenvalue weighted by molar-refractivity contribution is 0.0995. The Morgan fingerprint density at radius 3 is 2.61 bits per heavy atom. The molecule has 1 saturated heterocycles. The summed E-state index contributed by atoms with van der Waals surface area (Å²) >= 11 is 0. The number of primary amides is 1. The lowest BCUT2D eigenvalue weighted by Crippen LogP contribution is -2.31. The van der Waals surface area contributed by atoms with E-state index in [-0.39, 0.29) is 0 Å². The molecule has 1 aromatic carbocycles. The smallest absolute Gasteiger partial charge is 0.267 e. The summed E-state index contributed by atoms with van der Waals surface area (Å²) in [5.74, 6) is 0.357. The number of rotatable bonds is 4. The molecule has 1 aliphatic rings. The van der Waals surface area contributed by atoms with Crippen molar-refractivity contribution in [2.24, 2.45) is 5.73 Å². The van der Waals surface area contributed by atoms with Gasteiger partial charge < -0.3 is 10.6 Å². The van der Waals surface area contributed by atoms with Crippen molar-refractivity contribution in [2.75, 3.05) is 31.1 Å². The Labute approximate surface area is 136 Å². The van der Waals surface area contributed by atoms with Gasteiger partial charge in [0.05, 0.1) is 0 Å². The zero-order chi connectivity index (χ0) is 16.1. The second kappa shape index (κ2) is 7.24. The Balaban J connectivity index is 1.64. The average molecular weight is 310 g/mol. The molecule has 0 atom stereocenters. The van der Waals surface area contributed by atoms with E-state index < -0.39 is 5.91 Å². The van der Waals surface area contributed by atoms with Gasteiger partial charge in [-0.3, -0.25) is 9.69 Å². The standard InChI is InChI=1S/C18H22N4O/c19-18(23)16-8-4-9-17(20-16)22-11-5-10-21(12-13-22)14-15-6-2-1-3-7-15/h1-4,6-9H,5,10-14H2,(H2,19,23). The zero-order valence-electron chi connectivity index (χ0n) is 13.2. The molecule has 2 aromatic rings. The van der Waals surface area contributed by atoms with Crippen molar-refractivity contribution < 1.29 is 4.79 Å². The van der Waals surface area contributed by atoms with Crippen LogP contribution in [0.5, 0.6) is 0 Å². The fourth-order valence-electron chi connectivity index (χ4n) is 2.94. The molecule has 23 heavy (non-hydrogen) atoms. The van der Waals surface area contributed by atoms with Gasteiger partial charge in [0, 0.05) is 32.7 Å². The van der Waals surface area contributed by atoms with Crippen LogP contribution in [0, 0.1) is 0 Å². The molecule has 1 fully saturated rings. The highest BCUT2D eigenvalue weighted by molar-refractivity contribution is 5.91. The Morgan fingerprint density at radius 1 is 1.00 bits per heavy atom. The number of hydrogen-bond donors (Lipinski definition) is 1. The Morgan fingerprint density at radius 2 is 1.83 bits per heavy atom. The summed E-state index contributed by atoms with van der Waals surface area (Å²) in [4.78, 5) is 20.4. The van der Waals surface area contributed by atoms with Crippen molar-refractivity contribution in [3.8, 4) is 0 Å². The van der Waals surface area contributed by atoms with Crippen molar-refractivity contribution in [1.82, 2.24) is 9.88 Å². The quantitative estimate of drug-likeness (QED) is 0.937. The van der Waals surface area contributed by atoms with E-state index in [0.717, 1.165) is 45.0 Å². The van der Waals surface area contributed by atoms with Gasteiger partial charge >= 0.3 is 0 Å². The first-order valence-corrected chi connectivity index (χ1v) is 8.00. The number of carbonyl (C=O) groups excluding carboxylic acids is 1. The molecule has 0 saturated carbocycles. The van der Waals surface area contributed by atoms with Gasteiger partial charge in [-0.2, -0.15) is 0 Å². The third-order valence-electron chi connectivity index (χ3n) is 4.15. The largest absolute Gasteiger partial charge is 0.364 e. The number of benzene rings is 1. The van der Waals surface area contributed by atoms with E-state index >= 15 is 0 Å². The van der Waals surface area contributed by atoms with Crippen LogP contribution in [0.25, 0.3) is 0 Å². The summed E-state index contributed by atoms with van der Waals surface area (Å²) in [6.07, 6.45) is 1.08. The number of anilines is 1. The Hall–Kier alpha value is -2.40. The van der Waals surface area contributed by atoms with E-state index in [1.807, 2.05) is 18.2 Å². The topological polar surface area (TPSA) is 62.5 Å². The summed E-state index contributed by atoms with van der Waals surface area (Å²) in [6, 6.07) is 16.0. The summed E-state index contributed by atoms with van der Waals surface area (Å²) in [6.45, 7) is 4.88. The number of carbonyl (C=O) groups is 1. The number of hydrogen-bond acceptors (Lipinski definition) is 4. The van der Waals surface area contributed by atoms with Crippen LogP contribution in [0.1, 0.15) is 22.5 Å². The fourth-order valence-corrected chi connectivity index (χ4v) is 2.94. The minimum absolute atomic E-state index is 0.327. The molecule has 120 valence electrons. The molecule has 1 amide bonds. The number of nitrogens with zero attached hydrogens (tertiary/aromatic N) is 3. The molecule has 0 spiro atoms. The number of nitrogens with two attached hydrogens (primary N) is 1. The van der Waals surface area contributed by atoms with Crippen LogP contribution in [0.3, 0.4) is 0 Å². The molecular weight excluding hydrogens is 288 g/mol. The van der Waals surface area contributed by atoms with Gasteiger partial charge in [0.2, 0.25) is 0 Å². The highest BCUT2D eigenvalue weighted by atomic mass is 16.1. The van der Waals surface area contributed by atoms with Crippen molar-refractivity contribution in [2.45, 2.75) is 13.0 Å². The van der Waals surface area contributed by atoms with Gasteiger partial charge in [-0.1, -0.05) is 36.4 Å². The molecule has 1 aromatic heterocycles. The molecule has 2 N–H and O–H groups in total. The van der Waals surface area contributed by atoms with Gasteiger partial charge in [-0.15, -0.1) is 0 Å². The average Bonchev–Trinajstić information content (AvgIpc) is 2.81.